The molecule has 0 spiro atoms. The first kappa shape index (κ1) is 21.1. The molecule has 28 heavy (non-hydrogen) atoms. The lowest BCUT2D eigenvalue weighted by atomic mass is 10.1. The number of benzene rings is 2. The zero-order chi connectivity index (χ0) is 20.7. The average Bonchev–Trinajstić information content (AvgIpc) is 2.91. The first-order valence-electron chi connectivity index (χ1n) is 7.93. The van der Waals surface area contributed by atoms with Crippen LogP contribution in [0.25, 0.3) is 10.1 Å². The molecule has 3 rings (SSSR count). The van der Waals surface area contributed by atoms with Gasteiger partial charge in [-0.1, -0.05) is 47.9 Å². The summed E-state index contributed by atoms with van der Waals surface area (Å²) >= 11 is 1.30. The number of fused-ring (bicyclic) bond motifs is 1. The molecule has 2 aromatic carbocycles. The molecule has 0 fully saturated rings. The average molecular weight is 445 g/mol. The highest BCUT2D eigenvalue weighted by Crippen LogP contribution is 2.68. The summed E-state index contributed by atoms with van der Waals surface area (Å²) in [5.74, 6) is 0. The van der Waals surface area contributed by atoms with Gasteiger partial charge >= 0.3 is 15.2 Å². The molecule has 0 saturated carbocycles. The van der Waals surface area contributed by atoms with Crippen LogP contribution in [-0.2, 0) is 22.1 Å². The summed E-state index contributed by atoms with van der Waals surface area (Å²) in [4.78, 5) is 49.2. The molecular formula is C16H17NO8P2S. The zero-order valence-electron chi connectivity index (χ0n) is 14.2. The van der Waals surface area contributed by atoms with Crippen LogP contribution in [0.5, 0.6) is 0 Å². The molecule has 0 bridgehead atoms. The molecule has 0 radical (unpaired) electrons. The lowest BCUT2D eigenvalue weighted by Crippen LogP contribution is -2.31. The first-order chi connectivity index (χ1) is 12.9. The highest BCUT2D eigenvalue weighted by molar-refractivity contribution is 7.72. The smallest absolute Gasteiger partial charge is 0.367 e. The molecule has 1 aromatic heterocycles. The van der Waals surface area contributed by atoms with Crippen molar-refractivity contribution >= 4 is 36.8 Å². The van der Waals surface area contributed by atoms with Crippen LogP contribution in [0.1, 0.15) is 11.1 Å². The largest absolute Gasteiger partial charge is 0.369 e. The Bertz CT molecular complexity index is 1140. The van der Waals surface area contributed by atoms with Crippen LogP contribution >= 0.6 is 26.7 Å². The van der Waals surface area contributed by atoms with E-state index in [2.05, 4.69) is 0 Å². The van der Waals surface area contributed by atoms with Gasteiger partial charge in [0, 0.05) is 6.42 Å². The minimum atomic E-state index is -5.52. The van der Waals surface area contributed by atoms with E-state index in [4.69, 9.17) is 0 Å². The fraction of sp³-hybridized carbons (Fsp3) is 0.188. The molecule has 0 aliphatic heterocycles. The van der Waals surface area contributed by atoms with Crippen molar-refractivity contribution in [3.63, 3.8) is 0 Å². The standard InChI is InChI=1S/C16H17NO8P2S/c18-15-13-3-1-2-4-14(13)28-17(15)10-12-7-5-11(6-8-12)9-16(19,26(20,21)22)27(23,24)25/h1-8,19H,9-10H2,(H2,20,21,22)(H2,23,24,25). The van der Waals surface area contributed by atoms with Gasteiger partial charge in [-0.15, -0.1) is 0 Å². The van der Waals surface area contributed by atoms with Gasteiger partial charge in [-0.2, -0.15) is 0 Å². The number of rotatable bonds is 6. The Morgan fingerprint density at radius 3 is 1.96 bits per heavy atom. The summed E-state index contributed by atoms with van der Waals surface area (Å²) in [5, 5.41) is 7.10. The van der Waals surface area contributed by atoms with Crippen LogP contribution in [0.4, 0.5) is 0 Å². The van der Waals surface area contributed by atoms with Crippen molar-refractivity contribution in [2.24, 2.45) is 0 Å². The maximum absolute atomic E-state index is 12.4. The first-order valence-corrected chi connectivity index (χ1v) is 11.9. The maximum atomic E-state index is 12.4. The van der Waals surface area contributed by atoms with Gasteiger partial charge in [-0.3, -0.25) is 17.9 Å². The summed E-state index contributed by atoms with van der Waals surface area (Å²) < 4.78 is 25.3. The monoisotopic (exact) mass is 445 g/mol. The molecule has 1 heterocycles. The van der Waals surface area contributed by atoms with E-state index in [1.807, 2.05) is 12.1 Å². The number of aromatic nitrogens is 1. The maximum Gasteiger partial charge on any atom is 0.369 e. The Labute approximate surface area is 163 Å². The number of aliphatic hydroxyl groups is 1. The van der Waals surface area contributed by atoms with E-state index in [-0.39, 0.29) is 17.7 Å². The van der Waals surface area contributed by atoms with Gasteiger partial charge in [0.25, 0.3) is 10.6 Å². The second kappa shape index (κ2) is 7.33. The van der Waals surface area contributed by atoms with Gasteiger partial charge in [0.15, 0.2) is 0 Å². The summed E-state index contributed by atoms with van der Waals surface area (Å²) in [6.45, 7) is 0.264. The minimum Gasteiger partial charge on any atom is -0.367 e. The predicted molar refractivity (Wildman–Crippen MR) is 104 cm³/mol. The minimum absolute atomic E-state index is 0.126. The van der Waals surface area contributed by atoms with Crippen molar-refractivity contribution in [1.82, 2.24) is 3.96 Å². The third-order valence-electron chi connectivity index (χ3n) is 4.28. The highest BCUT2D eigenvalue weighted by atomic mass is 32.1. The summed E-state index contributed by atoms with van der Waals surface area (Å²) in [7, 11) is -11.0. The van der Waals surface area contributed by atoms with E-state index in [1.54, 1.807) is 28.2 Å². The molecule has 0 aliphatic carbocycles. The SMILES string of the molecule is O=c1c2ccccc2sn1Cc1ccc(CC(O)(P(=O)(O)O)P(=O)(O)O)cc1. The van der Waals surface area contributed by atoms with Gasteiger partial charge < -0.3 is 24.7 Å². The normalized spacial score (nSPS) is 13.2. The second-order valence-electron chi connectivity index (χ2n) is 6.28. The molecule has 0 unspecified atom stereocenters. The highest BCUT2D eigenvalue weighted by Gasteiger charge is 2.59. The summed E-state index contributed by atoms with van der Waals surface area (Å²) in [6.07, 6.45) is -0.926. The zero-order valence-corrected chi connectivity index (χ0v) is 16.8. The second-order valence-corrected chi connectivity index (χ2v) is 11.4. The lowest BCUT2D eigenvalue weighted by Gasteiger charge is -2.29. The number of hydrogen-bond donors (Lipinski definition) is 5. The third-order valence-corrected chi connectivity index (χ3v) is 9.09. The van der Waals surface area contributed by atoms with Crippen molar-refractivity contribution in [1.29, 1.82) is 0 Å². The Kier molecular flexibility index (Phi) is 5.53. The van der Waals surface area contributed by atoms with Crippen molar-refractivity contribution < 1.29 is 33.8 Å². The quantitative estimate of drug-likeness (QED) is 0.359. The van der Waals surface area contributed by atoms with Crippen molar-refractivity contribution in [2.45, 2.75) is 18.0 Å². The van der Waals surface area contributed by atoms with Crippen LogP contribution < -0.4 is 5.56 Å². The Balaban J connectivity index is 1.85. The van der Waals surface area contributed by atoms with Crippen LogP contribution in [0, 0.1) is 0 Å². The molecule has 0 amide bonds. The topological polar surface area (TPSA) is 157 Å². The Morgan fingerprint density at radius 1 is 0.893 bits per heavy atom. The molecule has 12 heteroatoms. The van der Waals surface area contributed by atoms with Gasteiger partial charge in [-0.25, -0.2) is 0 Å². The van der Waals surface area contributed by atoms with Crippen LogP contribution in [0.3, 0.4) is 0 Å². The number of nitrogens with zero attached hydrogens (tertiary/aromatic N) is 1. The Hall–Kier alpha value is -1.61. The van der Waals surface area contributed by atoms with E-state index >= 15 is 0 Å². The Morgan fingerprint density at radius 2 is 1.43 bits per heavy atom. The van der Waals surface area contributed by atoms with Crippen LogP contribution in [-0.4, -0.2) is 33.7 Å². The summed E-state index contributed by atoms with van der Waals surface area (Å²) in [5.41, 5.74) is 0.692. The van der Waals surface area contributed by atoms with Crippen LogP contribution in [0.15, 0.2) is 53.3 Å². The molecule has 5 N–H and O–H groups in total. The molecule has 0 saturated heterocycles. The predicted octanol–water partition coefficient (Wildman–Crippen LogP) is 1.66. The van der Waals surface area contributed by atoms with Crippen molar-refractivity contribution in [3.05, 3.63) is 70.0 Å². The van der Waals surface area contributed by atoms with E-state index in [1.165, 1.54) is 23.7 Å². The third kappa shape index (κ3) is 3.91. The van der Waals surface area contributed by atoms with E-state index in [0.29, 0.717) is 10.9 Å². The lowest BCUT2D eigenvalue weighted by molar-refractivity contribution is 0.131. The van der Waals surface area contributed by atoms with E-state index < -0.39 is 26.7 Å². The fourth-order valence-electron chi connectivity index (χ4n) is 2.70. The van der Waals surface area contributed by atoms with Gasteiger partial charge in [0.2, 0.25) is 0 Å². The molecule has 0 atom stereocenters. The molecule has 3 aromatic rings. The van der Waals surface area contributed by atoms with Crippen LogP contribution in [0.2, 0.25) is 0 Å². The molecule has 150 valence electrons. The van der Waals surface area contributed by atoms with Crippen molar-refractivity contribution in [3.8, 4) is 0 Å². The molecule has 9 nitrogen and oxygen atoms in total. The van der Waals surface area contributed by atoms with Crippen molar-refractivity contribution in [2.75, 3.05) is 0 Å². The molecule has 0 aliphatic rings. The van der Waals surface area contributed by atoms with E-state index in [0.717, 1.165) is 4.70 Å². The number of hydrogen-bond acceptors (Lipinski definition) is 5. The molecular weight excluding hydrogens is 428 g/mol. The van der Waals surface area contributed by atoms with Gasteiger partial charge in [-0.05, 0) is 23.3 Å². The van der Waals surface area contributed by atoms with Gasteiger partial charge in [0.05, 0.1) is 16.6 Å². The van der Waals surface area contributed by atoms with Gasteiger partial charge in [0.1, 0.15) is 0 Å². The fourth-order valence-corrected chi connectivity index (χ4v) is 5.86. The summed E-state index contributed by atoms with van der Waals surface area (Å²) in [6, 6.07) is 13.1. The van der Waals surface area contributed by atoms with E-state index in [9.17, 15) is 38.6 Å².